The third-order valence-electron chi connectivity index (χ3n) is 12.9. The monoisotopic (exact) mass is 850 g/mol. The zero-order valence-corrected chi connectivity index (χ0v) is 35.4. The van der Waals surface area contributed by atoms with Gasteiger partial charge >= 0.3 is 0 Å². The minimum atomic E-state index is 0.750. The summed E-state index contributed by atoms with van der Waals surface area (Å²) in [7, 11) is 0. The van der Waals surface area contributed by atoms with Crippen LogP contribution in [0.25, 0.3) is 93.7 Å². The molecule has 13 aromatic rings. The second-order valence-corrected chi connectivity index (χ2v) is 17.4. The molecule has 6 aromatic carbocycles. The van der Waals surface area contributed by atoms with Gasteiger partial charge in [0.25, 0.3) is 0 Å². The number of pyridine rings is 4. The van der Waals surface area contributed by atoms with E-state index in [9.17, 15) is 0 Å². The fraction of sp³-hybridized carbons (Fsp3) is 0. The molecule has 8 heterocycles. The molecule has 0 N–H and O–H groups in total. The second-order valence-electron chi connectivity index (χ2n) is 16.3. The molecule has 0 unspecified atom stereocenters. The highest BCUT2D eigenvalue weighted by molar-refractivity contribution is 7.99. The third kappa shape index (κ3) is 5.15. The topological polar surface area (TPSA) is 69.6 Å². The average Bonchev–Trinajstić information content (AvgIpc) is 4.01. The van der Waals surface area contributed by atoms with E-state index >= 15 is 0 Å². The van der Waals surface area contributed by atoms with E-state index < -0.39 is 0 Å². The van der Waals surface area contributed by atoms with Crippen molar-refractivity contribution >= 4 is 94.4 Å². The van der Waals surface area contributed by atoms with E-state index in [1.54, 1.807) is 11.8 Å². The van der Waals surface area contributed by atoms with Crippen LogP contribution in [0.5, 0.6) is 0 Å². The Labute approximate surface area is 376 Å². The molecule has 9 heteroatoms. The Bertz CT molecular complexity index is 3870. The van der Waals surface area contributed by atoms with E-state index in [4.69, 9.17) is 19.9 Å². The predicted molar refractivity (Wildman–Crippen MR) is 265 cm³/mol. The summed E-state index contributed by atoms with van der Waals surface area (Å²) in [5, 5.41) is 6.68. The van der Waals surface area contributed by atoms with Gasteiger partial charge in [-0.05, 0) is 66.2 Å². The summed E-state index contributed by atoms with van der Waals surface area (Å²) in [5.74, 6) is 1.52. The Morgan fingerprint density at radius 2 is 0.738 bits per heavy atom. The Hall–Kier alpha value is -8.53. The van der Waals surface area contributed by atoms with Crippen molar-refractivity contribution in [2.45, 2.75) is 9.79 Å². The standard InChI is InChI=1S/C56H34N8S/c1-2-14-35(15-3-1)52-53(61-42-19-7-4-16-36(42)39-26-29-57-32-47(39)61)55(63-44-21-9-6-18-38(44)41-28-31-59-34-49(41)63)60-56(64-45-22-10-12-24-50(45)65-51-25-13-11-23-46(51)64)54(52)62-43-20-8-5-17-37(43)40-27-30-58-33-48(40)62/h1-34H. The molecule has 0 aliphatic carbocycles. The van der Waals surface area contributed by atoms with Gasteiger partial charge in [-0.3, -0.25) is 24.4 Å². The molecule has 0 bridgehead atoms. The van der Waals surface area contributed by atoms with Gasteiger partial charge < -0.3 is 9.13 Å². The lowest BCUT2D eigenvalue weighted by Crippen LogP contribution is -2.21. The van der Waals surface area contributed by atoms with E-state index in [2.05, 4.69) is 188 Å². The maximum Gasteiger partial charge on any atom is 0.165 e. The summed E-state index contributed by atoms with van der Waals surface area (Å²) in [5.41, 5.74) is 12.0. The normalized spacial score (nSPS) is 12.5. The van der Waals surface area contributed by atoms with Crippen molar-refractivity contribution in [3.05, 3.63) is 207 Å². The number of hydrogen-bond acceptors (Lipinski definition) is 6. The van der Waals surface area contributed by atoms with Crippen LogP contribution in [-0.4, -0.2) is 33.6 Å². The van der Waals surface area contributed by atoms with Crippen LogP contribution in [0.15, 0.2) is 217 Å². The lowest BCUT2D eigenvalue weighted by molar-refractivity contribution is 0.985. The van der Waals surface area contributed by atoms with Crippen LogP contribution in [0, 0.1) is 0 Å². The van der Waals surface area contributed by atoms with Gasteiger partial charge in [-0.1, -0.05) is 121 Å². The molecule has 0 radical (unpaired) electrons. The van der Waals surface area contributed by atoms with Crippen LogP contribution in [0.2, 0.25) is 0 Å². The first-order valence-electron chi connectivity index (χ1n) is 21.6. The van der Waals surface area contributed by atoms with Crippen molar-refractivity contribution in [1.82, 2.24) is 33.6 Å². The SMILES string of the molecule is c1ccc(-c2c(-n3c4ccccc4c4ccncc43)c(N3c4ccccc4Sc4ccccc43)nc(-n3c4ccccc4c4ccncc43)c2-n2c3ccccc3c3ccncc32)cc1. The first-order valence-corrected chi connectivity index (χ1v) is 22.4. The number of aromatic nitrogens is 7. The van der Waals surface area contributed by atoms with Crippen LogP contribution in [0.4, 0.5) is 17.2 Å². The minimum absolute atomic E-state index is 0.750. The molecule has 0 amide bonds. The molecule has 0 saturated carbocycles. The van der Waals surface area contributed by atoms with E-state index in [1.165, 1.54) is 0 Å². The molecule has 0 spiro atoms. The number of rotatable bonds is 5. The van der Waals surface area contributed by atoms with Gasteiger partial charge in [0.2, 0.25) is 0 Å². The molecule has 14 rings (SSSR count). The van der Waals surface area contributed by atoms with Crippen molar-refractivity contribution < 1.29 is 0 Å². The summed E-state index contributed by atoms with van der Waals surface area (Å²) in [4.78, 5) is 25.3. The second kappa shape index (κ2) is 14.0. The fourth-order valence-corrected chi connectivity index (χ4v) is 11.3. The van der Waals surface area contributed by atoms with E-state index in [1.807, 2.05) is 37.2 Å². The Kier molecular flexibility index (Phi) is 7.75. The smallest absolute Gasteiger partial charge is 0.165 e. The van der Waals surface area contributed by atoms with Crippen LogP contribution >= 0.6 is 11.8 Å². The lowest BCUT2D eigenvalue weighted by Gasteiger charge is -2.35. The van der Waals surface area contributed by atoms with Crippen molar-refractivity contribution in [2.75, 3.05) is 4.90 Å². The first-order chi connectivity index (χ1) is 32.3. The largest absolute Gasteiger partial charge is 0.304 e. The third-order valence-corrected chi connectivity index (χ3v) is 14.0. The predicted octanol–water partition coefficient (Wildman–Crippen LogP) is 14.2. The number of nitrogens with zero attached hydrogens (tertiary/aromatic N) is 8. The van der Waals surface area contributed by atoms with E-state index in [0.717, 1.165) is 121 Å². The molecule has 0 atom stereocenters. The molecular weight excluding hydrogens is 817 g/mol. The highest BCUT2D eigenvalue weighted by Crippen LogP contribution is 2.55. The summed E-state index contributed by atoms with van der Waals surface area (Å²) >= 11 is 1.79. The average molecular weight is 851 g/mol. The Balaban J connectivity index is 1.30. The number of benzene rings is 6. The fourth-order valence-electron chi connectivity index (χ4n) is 10.3. The summed E-state index contributed by atoms with van der Waals surface area (Å²) in [6.45, 7) is 0. The van der Waals surface area contributed by atoms with Gasteiger partial charge in [0.15, 0.2) is 11.6 Å². The van der Waals surface area contributed by atoms with Crippen molar-refractivity contribution in [2.24, 2.45) is 0 Å². The van der Waals surface area contributed by atoms with Gasteiger partial charge in [-0.25, -0.2) is 4.98 Å². The zero-order chi connectivity index (χ0) is 42.6. The van der Waals surface area contributed by atoms with Crippen LogP contribution in [-0.2, 0) is 0 Å². The molecule has 1 aliphatic rings. The molecule has 304 valence electrons. The van der Waals surface area contributed by atoms with Crippen LogP contribution in [0.1, 0.15) is 0 Å². The molecule has 0 saturated heterocycles. The molecule has 8 nitrogen and oxygen atoms in total. The highest BCUT2D eigenvalue weighted by atomic mass is 32.2. The number of anilines is 3. The van der Waals surface area contributed by atoms with Crippen LogP contribution in [0.3, 0.4) is 0 Å². The number of hydrogen-bond donors (Lipinski definition) is 0. The Morgan fingerprint density at radius 3 is 1.26 bits per heavy atom. The maximum absolute atomic E-state index is 6.23. The van der Waals surface area contributed by atoms with Gasteiger partial charge in [0.1, 0.15) is 11.4 Å². The summed E-state index contributed by atoms with van der Waals surface area (Å²) in [6, 6.07) is 60.5. The molecule has 7 aromatic heterocycles. The van der Waals surface area contributed by atoms with Crippen molar-refractivity contribution in [3.8, 4) is 28.3 Å². The van der Waals surface area contributed by atoms with Crippen molar-refractivity contribution in [1.29, 1.82) is 0 Å². The first kappa shape index (κ1) is 36.0. The zero-order valence-electron chi connectivity index (χ0n) is 34.6. The van der Waals surface area contributed by atoms with Gasteiger partial charge in [0.05, 0.1) is 63.1 Å². The summed E-state index contributed by atoms with van der Waals surface area (Å²) < 4.78 is 7.13. The van der Waals surface area contributed by atoms with Gasteiger partial charge in [-0.15, -0.1) is 0 Å². The van der Waals surface area contributed by atoms with E-state index in [-0.39, 0.29) is 0 Å². The molecule has 65 heavy (non-hydrogen) atoms. The highest BCUT2D eigenvalue weighted by Gasteiger charge is 2.35. The van der Waals surface area contributed by atoms with Gasteiger partial charge in [-0.2, -0.15) is 0 Å². The van der Waals surface area contributed by atoms with E-state index in [0.29, 0.717) is 0 Å². The quantitative estimate of drug-likeness (QED) is 0.172. The van der Waals surface area contributed by atoms with Crippen molar-refractivity contribution in [3.63, 3.8) is 0 Å². The number of fused-ring (bicyclic) bond motifs is 11. The summed E-state index contributed by atoms with van der Waals surface area (Å²) in [6.07, 6.45) is 11.6. The number of para-hydroxylation sites is 5. The van der Waals surface area contributed by atoms with Gasteiger partial charge in [0, 0.05) is 66.3 Å². The molecular formula is C56H34N8S. The minimum Gasteiger partial charge on any atom is -0.304 e. The Morgan fingerprint density at radius 1 is 0.338 bits per heavy atom. The maximum atomic E-state index is 6.23. The van der Waals surface area contributed by atoms with Crippen LogP contribution < -0.4 is 4.90 Å². The molecule has 0 fully saturated rings. The lowest BCUT2D eigenvalue weighted by atomic mass is 10.00. The molecule has 1 aliphatic heterocycles.